The van der Waals surface area contributed by atoms with E-state index in [1.807, 2.05) is 6.92 Å². The van der Waals surface area contributed by atoms with Gasteiger partial charge in [-0.05, 0) is 39.2 Å². The highest BCUT2D eigenvalue weighted by Gasteiger charge is 2.32. The average Bonchev–Trinajstić information content (AvgIpc) is 2.95. The van der Waals surface area contributed by atoms with E-state index in [0.29, 0.717) is 17.6 Å². The first-order valence-corrected chi connectivity index (χ1v) is 7.87. The number of fused-ring (bicyclic) bond motifs is 1. The Hall–Kier alpha value is -1.69. The fraction of sp³-hybridized carbons (Fsp3) is 0.667. The van der Waals surface area contributed by atoms with Gasteiger partial charge in [-0.25, -0.2) is 4.98 Å². The van der Waals surface area contributed by atoms with Crippen LogP contribution in [0.3, 0.4) is 0 Å². The molecule has 114 valence electrons. The minimum absolute atomic E-state index is 0.112. The highest BCUT2D eigenvalue weighted by Crippen LogP contribution is 2.26. The molecule has 0 aromatic carbocycles. The van der Waals surface area contributed by atoms with Gasteiger partial charge in [-0.15, -0.1) is 0 Å². The molecule has 1 amide bonds. The highest BCUT2D eigenvalue weighted by atomic mass is 16.2. The van der Waals surface area contributed by atoms with Crippen molar-refractivity contribution in [1.82, 2.24) is 20.2 Å². The van der Waals surface area contributed by atoms with Crippen LogP contribution in [0.15, 0.2) is 12.4 Å². The van der Waals surface area contributed by atoms with Gasteiger partial charge in [0.2, 0.25) is 0 Å². The summed E-state index contributed by atoms with van der Waals surface area (Å²) in [5, 5.41) is 6.20. The van der Waals surface area contributed by atoms with E-state index in [0.717, 1.165) is 25.9 Å². The first-order valence-electron chi connectivity index (χ1n) is 7.87. The second-order valence-electron chi connectivity index (χ2n) is 5.85. The summed E-state index contributed by atoms with van der Waals surface area (Å²) in [5.74, 6) is 0.537. The van der Waals surface area contributed by atoms with Crippen LogP contribution in [-0.2, 0) is 0 Å². The van der Waals surface area contributed by atoms with Crippen molar-refractivity contribution in [3.63, 3.8) is 0 Å². The Morgan fingerprint density at radius 2 is 2.29 bits per heavy atom. The van der Waals surface area contributed by atoms with E-state index in [9.17, 15) is 4.79 Å². The van der Waals surface area contributed by atoms with Crippen molar-refractivity contribution >= 4 is 11.7 Å². The Labute approximate surface area is 125 Å². The lowest BCUT2D eigenvalue weighted by Gasteiger charge is -2.35. The molecule has 2 saturated heterocycles. The number of aromatic nitrogens is 2. The Kier molecular flexibility index (Phi) is 4.34. The number of amides is 1. The zero-order chi connectivity index (χ0) is 14.7. The summed E-state index contributed by atoms with van der Waals surface area (Å²) in [6.07, 6.45) is 7.82. The first kappa shape index (κ1) is 14.3. The molecule has 2 atom stereocenters. The number of anilines is 1. The van der Waals surface area contributed by atoms with E-state index >= 15 is 0 Å². The Morgan fingerprint density at radius 3 is 3.14 bits per heavy atom. The molecule has 2 fully saturated rings. The third-order valence-electron chi connectivity index (χ3n) is 4.38. The second-order valence-corrected chi connectivity index (χ2v) is 5.85. The molecule has 6 nitrogen and oxygen atoms in total. The molecule has 0 spiro atoms. The average molecular weight is 289 g/mol. The van der Waals surface area contributed by atoms with Crippen LogP contribution in [0.4, 0.5) is 5.82 Å². The van der Waals surface area contributed by atoms with Crippen molar-refractivity contribution in [2.75, 3.05) is 25.0 Å². The summed E-state index contributed by atoms with van der Waals surface area (Å²) in [7, 11) is 0. The molecule has 0 bridgehead atoms. The lowest BCUT2D eigenvalue weighted by atomic mass is 9.97. The van der Waals surface area contributed by atoms with Crippen molar-refractivity contribution in [3.05, 3.63) is 18.1 Å². The molecule has 2 unspecified atom stereocenters. The van der Waals surface area contributed by atoms with Crippen LogP contribution >= 0.6 is 0 Å². The van der Waals surface area contributed by atoms with Gasteiger partial charge in [0.15, 0.2) is 0 Å². The topological polar surface area (TPSA) is 70.2 Å². The molecule has 0 aliphatic carbocycles. The number of nitrogens with zero attached hydrogens (tertiary/aromatic N) is 3. The van der Waals surface area contributed by atoms with Gasteiger partial charge in [-0.3, -0.25) is 9.78 Å². The maximum atomic E-state index is 12.3. The lowest BCUT2D eigenvalue weighted by molar-refractivity contribution is 0.0891. The number of carbonyl (C=O) groups is 1. The van der Waals surface area contributed by atoms with Crippen LogP contribution in [0, 0.1) is 0 Å². The van der Waals surface area contributed by atoms with Gasteiger partial charge in [0, 0.05) is 25.2 Å². The Bertz CT molecular complexity index is 507. The first-order chi connectivity index (χ1) is 10.3. The fourth-order valence-corrected chi connectivity index (χ4v) is 3.36. The van der Waals surface area contributed by atoms with Crippen LogP contribution in [0.1, 0.15) is 43.1 Å². The summed E-state index contributed by atoms with van der Waals surface area (Å²) in [4.78, 5) is 23.2. The lowest BCUT2D eigenvalue weighted by Crippen LogP contribution is -2.47. The normalized spacial score (nSPS) is 25.4. The van der Waals surface area contributed by atoms with Gasteiger partial charge in [-0.2, -0.15) is 0 Å². The zero-order valence-corrected chi connectivity index (χ0v) is 12.5. The van der Waals surface area contributed by atoms with Crippen molar-refractivity contribution in [2.24, 2.45) is 0 Å². The predicted molar refractivity (Wildman–Crippen MR) is 81.3 cm³/mol. The molecule has 2 aliphatic heterocycles. The monoisotopic (exact) mass is 289 g/mol. The molecule has 6 heteroatoms. The number of carbonyl (C=O) groups excluding carboxylic acids is 1. The molecule has 3 rings (SSSR count). The van der Waals surface area contributed by atoms with Crippen molar-refractivity contribution < 1.29 is 4.79 Å². The maximum absolute atomic E-state index is 12.3. The molecule has 0 saturated carbocycles. The second kappa shape index (κ2) is 6.39. The molecule has 2 N–H and O–H groups in total. The summed E-state index contributed by atoms with van der Waals surface area (Å²) in [5.41, 5.74) is 0.391. The van der Waals surface area contributed by atoms with Crippen LogP contribution < -0.4 is 10.6 Å². The van der Waals surface area contributed by atoms with Crippen molar-refractivity contribution in [3.8, 4) is 0 Å². The molecule has 0 radical (unpaired) electrons. The fourth-order valence-electron chi connectivity index (χ4n) is 3.36. The molecule has 21 heavy (non-hydrogen) atoms. The summed E-state index contributed by atoms with van der Waals surface area (Å²) in [6, 6.07) is 0.921. The van der Waals surface area contributed by atoms with Crippen LogP contribution in [-0.4, -0.2) is 52.5 Å². The SMILES string of the molecule is CCNc1cncc(C(=O)NC2CCN3CCCC3C2)n1. The number of nitrogens with one attached hydrogen (secondary N) is 2. The van der Waals surface area contributed by atoms with Crippen LogP contribution in [0.25, 0.3) is 0 Å². The molecule has 2 aliphatic rings. The maximum Gasteiger partial charge on any atom is 0.271 e. The van der Waals surface area contributed by atoms with Crippen molar-refractivity contribution in [1.29, 1.82) is 0 Å². The molecular weight excluding hydrogens is 266 g/mol. The molecule has 3 heterocycles. The minimum atomic E-state index is -0.112. The number of piperidine rings is 1. The van der Waals surface area contributed by atoms with E-state index in [1.165, 1.54) is 25.6 Å². The smallest absolute Gasteiger partial charge is 0.271 e. The van der Waals surface area contributed by atoms with Gasteiger partial charge in [0.25, 0.3) is 5.91 Å². The number of hydrogen-bond acceptors (Lipinski definition) is 5. The van der Waals surface area contributed by atoms with Gasteiger partial charge in [0.1, 0.15) is 11.5 Å². The van der Waals surface area contributed by atoms with E-state index < -0.39 is 0 Å². The molecule has 1 aromatic heterocycles. The van der Waals surface area contributed by atoms with Gasteiger partial charge in [-0.1, -0.05) is 0 Å². The van der Waals surface area contributed by atoms with Gasteiger partial charge >= 0.3 is 0 Å². The number of hydrogen-bond donors (Lipinski definition) is 2. The van der Waals surface area contributed by atoms with E-state index in [-0.39, 0.29) is 11.9 Å². The van der Waals surface area contributed by atoms with Crippen LogP contribution in [0.2, 0.25) is 0 Å². The summed E-state index contributed by atoms with van der Waals surface area (Å²) >= 11 is 0. The molecular formula is C15H23N5O. The molecule has 1 aromatic rings. The minimum Gasteiger partial charge on any atom is -0.369 e. The van der Waals surface area contributed by atoms with E-state index in [2.05, 4.69) is 25.5 Å². The summed E-state index contributed by atoms with van der Waals surface area (Å²) < 4.78 is 0. The Balaban J connectivity index is 1.59. The van der Waals surface area contributed by atoms with Gasteiger partial charge < -0.3 is 15.5 Å². The quantitative estimate of drug-likeness (QED) is 0.873. The highest BCUT2D eigenvalue weighted by molar-refractivity contribution is 5.92. The van der Waals surface area contributed by atoms with Crippen LogP contribution in [0.5, 0.6) is 0 Å². The van der Waals surface area contributed by atoms with Gasteiger partial charge in [0.05, 0.1) is 12.4 Å². The van der Waals surface area contributed by atoms with Crippen molar-refractivity contribution in [2.45, 2.75) is 44.7 Å². The third-order valence-corrected chi connectivity index (χ3v) is 4.38. The van der Waals surface area contributed by atoms with E-state index in [4.69, 9.17) is 0 Å². The Morgan fingerprint density at radius 1 is 1.38 bits per heavy atom. The number of rotatable bonds is 4. The van der Waals surface area contributed by atoms with E-state index in [1.54, 1.807) is 6.20 Å². The zero-order valence-electron chi connectivity index (χ0n) is 12.5. The predicted octanol–water partition coefficient (Wildman–Crippen LogP) is 1.26. The summed E-state index contributed by atoms with van der Waals surface area (Å²) in [6.45, 7) is 5.07. The third kappa shape index (κ3) is 3.32. The standard InChI is InChI=1S/C15H23N5O/c1-2-17-14-10-16-9-13(19-14)15(21)18-11-5-7-20-6-3-4-12(20)8-11/h9-12H,2-8H2,1H3,(H,17,19)(H,18,21). The largest absolute Gasteiger partial charge is 0.369 e.